The summed E-state index contributed by atoms with van der Waals surface area (Å²) in [5.41, 5.74) is 0.927. The Kier molecular flexibility index (Phi) is 8.08. The summed E-state index contributed by atoms with van der Waals surface area (Å²) in [6, 6.07) is 17.5. The maximum atomic E-state index is 13.8. The highest BCUT2D eigenvalue weighted by Crippen LogP contribution is 2.39. The van der Waals surface area contributed by atoms with E-state index in [1.807, 2.05) is 74.7 Å². The lowest BCUT2D eigenvalue weighted by Crippen LogP contribution is -2.58. The predicted octanol–water partition coefficient (Wildman–Crippen LogP) is 4.00. The van der Waals surface area contributed by atoms with Crippen molar-refractivity contribution in [2.45, 2.75) is 49.6 Å². The Morgan fingerprint density at radius 1 is 1.06 bits per heavy atom. The number of benzene rings is 2. The van der Waals surface area contributed by atoms with Crippen molar-refractivity contribution < 1.29 is 14.4 Å². The highest BCUT2D eigenvalue weighted by Gasteiger charge is 2.54. The number of anilines is 2. The lowest BCUT2D eigenvalue weighted by atomic mass is 9.85. The summed E-state index contributed by atoms with van der Waals surface area (Å²) in [6.45, 7) is 5.27. The Bertz CT molecular complexity index is 1070. The topological polar surface area (TPSA) is 85.0 Å². The third kappa shape index (κ3) is 5.46. The van der Waals surface area contributed by atoms with Crippen LogP contribution in [0.3, 0.4) is 0 Å². The molecule has 2 aliphatic heterocycles. The second-order valence-electron chi connectivity index (χ2n) is 9.46. The van der Waals surface area contributed by atoms with Gasteiger partial charge in [0.05, 0.1) is 6.67 Å². The molecule has 0 radical (unpaired) electrons. The zero-order valence-electron chi connectivity index (χ0n) is 21.2. The van der Waals surface area contributed by atoms with Gasteiger partial charge in [-0.3, -0.25) is 9.59 Å². The number of likely N-dealkylation sites (tertiary alicyclic amines) is 1. The van der Waals surface area contributed by atoms with E-state index in [0.717, 1.165) is 22.7 Å². The summed E-state index contributed by atoms with van der Waals surface area (Å²) in [7, 11) is 0. The second-order valence-corrected chi connectivity index (χ2v) is 10.3. The highest BCUT2D eigenvalue weighted by atomic mass is 32.2. The highest BCUT2D eigenvalue weighted by molar-refractivity contribution is 7.98. The van der Waals surface area contributed by atoms with Gasteiger partial charge in [0.25, 0.3) is 5.91 Å². The van der Waals surface area contributed by atoms with E-state index in [-0.39, 0.29) is 30.4 Å². The van der Waals surface area contributed by atoms with Gasteiger partial charge < -0.3 is 25.3 Å². The molecule has 2 N–H and O–H groups in total. The zero-order valence-corrected chi connectivity index (χ0v) is 22.0. The van der Waals surface area contributed by atoms with Gasteiger partial charge in [-0.25, -0.2) is 4.79 Å². The molecular weight excluding hydrogens is 474 g/mol. The first-order valence-electron chi connectivity index (χ1n) is 12.5. The number of nitrogens with zero attached hydrogens (tertiary/aromatic N) is 3. The van der Waals surface area contributed by atoms with E-state index in [0.29, 0.717) is 32.6 Å². The van der Waals surface area contributed by atoms with Gasteiger partial charge >= 0.3 is 6.03 Å². The van der Waals surface area contributed by atoms with E-state index in [1.54, 1.807) is 21.6 Å². The molecule has 0 saturated carbocycles. The molecule has 2 heterocycles. The third-order valence-corrected chi connectivity index (χ3v) is 7.90. The Morgan fingerprint density at radius 3 is 2.33 bits per heavy atom. The van der Waals surface area contributed by atoms with Crippen molar-refractivity contribution in [2.24, 2.45) is 0 Å². The van der Waals surface area contributed by atoms with Crippen molar-refractivity contribution >= 4 is 41.0 Å². The predicted molar refractivity (Wildman–Crippen MR) is 144 cm³/mol. The smallest absolute Gasteiger partial charge is 0.321 e. The first kappa shape index (κ1) is 25.9. The first-order chi connectivity index (χ1) is 17.4. The molecule has 2 aliphatic rings. The summed E-state index contributed by atoms with van der Waals surface area (Å²) in [5, 5.41) is 5.93. The van der Waals surface area contributed by atoms with Crippen molar-refractivity contribution in [1.29, 1.82) is 0 Å². The van der Waals surface area contributed by atoms with Gasteiger partial charge in [-0.2, -0.15) is 0 Å². The largest absolute Gasteiger partial charge is 0.352 e. The van der Waals surface area contributed by atoms with Crippen LogP contribution in [0.15, 0.2) is 59.5 Å². The summed E-state index contributed by atoms with van der Waals surface area (Å²) < 4.78 is 0. The van der Waals surface area contributed by atoms with E-state index in [2.05, 4.69) is 15.5 Å². The van der Waals surface area contributed by atoms with Crippen LogP contribution in [0, 0.1) is 0 Å². The average molecular weight is 510 g/mol. The van der Waals surface area contributed by atoms with Crippen LogP contribution >= 0.6 is 11.8 Å². The fourth-order valence-electron chi connectivity index (χ4n) is 4.87. The lowest BCUT2D eigenvalue weighted by Gasteiger charge is -2.43. The van der Waals surface area contributed by atoms with Crippen LogP contribution in [-0.2, 0) is 9.59 Å². The van der Waals surface area contributed by atoms with Crippen molar-refractivity contribution in [3.8, 4) is 0 Å². The molecule has 4 rings (SSSR count). The third-order valence-electron chi connectivity index (χ3n) is 7.16. The SMILES string of the molecule is CCC(C)NC(=O)CN1CN(c2ccccc2)C2(CCN(C(=O)Nc3ccc(SC)cc3)CC2)C1=O. The maximum absolute atomic E-state index is 13.8. The molecule has 2 saturated heterocycles. The van der Waals surface area contributed by atoms with Crippen LogP contribution < -0.4 is 15.5 Å². The molecule has 9 heteroatoms. The average Bonchev–Trinajstić information content (AvgIpc) is 3.15. The van der Waals surface area contributed by atoms with Crippen LogP contribution in [0.1, 0.15) is 33.1 Å². The van der Waals surface area contributed by atoms with Gasteiger partial charge in [0, 0.05) is 35.4 Å². The van der Waals surface area contributed by atoms with Gasteiger partial charge in [-0.1, -0.05) is 25.1 Å². The van der Waals surface area contributed by atoms with Gasteiger partial charge in [-0.05, 0) is 68.8 Å². The molecule has 2 fully saturated rings. The number of amides is 4. The van der Waals surface area contributed by atoms with E-state index >= 15 is 0 Å². The van der Waals surface area contributed by atoms with Crippen molar-refractivity contribution in [3.63, 3.8) is 0 Å². The molecule has 8 nitrogen and oxygen atoms in total. The molecule has 2 aromatic carbocycles. The molecule has 1 spiro atoms. The van der Waals surface area contributed by atoms with Crippen molar-refractivity contribution in [3.05, 3.63) is 54.6 Å². The Balaban J connectivity index is 1.47. The number of hydrogen-bond acceptors (Lipinski definition) is 5. The monoisotopic (exact) mass is 509 g/mol. The van der Waals surface area contributed by atoms with Crippen molar-refractivity contribution in [2.75, 3.05) is 42.8 Å². The summed E-state index contributed by atoms with van der Waals surface area (Å²) >= 11 is 1.65. The van der Waals surface area contributed by atoms with Crippen molar-refractivity contribution in [1.82, 2.24) is 15.1 Å². The summed E-state index contributed by atoms with van der Waals surface area (Å²) in [6.07, 6.45) is 3.85. The lowest BCUT2D eigenvalue weighted by molar-refractivity contribution is -0.137. The number of carbonyl (C=O) groups is 3. The normalized spacial score (nSPS) is 17.9. The summed E-state index contributed by atoms with van der Waals surface area (Å²) in [4.78, 5) is 46.0. The number of piperidine rings is 1. The van der Waals surface area contributed by atoms with Gasteiger partial charge in [-0.15, -0.1) is 11.8 Å². The number of carbonyl (C=O) groups excluding carboxylic acids is 3. The second kappa shape index (κ2) is 11.2. The molecule has 2 aromatic rings. The number of hydrogen-bond donors (Lipinski definition) is 2. The number of urea groups is 1. The minimum absolute atomic E-state index is 0.0322. The van der Waals surface area contributed by atoms with E-state index in [4.69, 9.17) is 0 Å². The minimum Gasteiger partial charge on any atom is -0.352 e. The fourth-order valence-corrected chi connectivity index (χ4v) is 5.28. The van der Waals surface area contributed by atoms with Crippen LogP contribution in [0.4, 0.5) is 16.2 Å². The number of nitrogens with one attached hydrogen (secondary N) is 2. The Morgan fingerprint density at radius 2 is 1.72 bits per heavy atom. The molecule has 0 aromatic heterocycles. The quantitative estimate of drug-likeness (QED) is 0.552. The fraction of sp³-hybridized carbons (Fsp3) is 0.444. The number of para-hydroxylation sites is 1. The Labute approximate surface area is 217 Å². The van der Waals surface area contributed by atoms with E-state index in [1.165, 1.54) is 0 Å². The molecule has 4 amide bonds. The van der Waals surface area contributed by atoms with Crippen LogP contribution in [0.2, 0.25) is 0 Å². The van der Waals surface area contributed by atoms with Gasteiger partial charge in [0.1, 0.15) is 12.1 Å². The van der Waals surface area contributed by atoms with Gasteiger partial charge in [0.2, 0.25) is 5.91 Å². The minimum atomic E-state index is -0.769. The zero-order chi connectivity index (χ0) is 25.7. The molecular formula is C27H35N5O3S. The number of rotatable bonds is 7. The Hall–Kier alpha value is -3.20. The molecule has 36 heavy (non-hydrogen) atoms. The van der Waals surface area contributed by atoms with Crippen LogP contribution in [0.25, 0.3) is 0 Å². The molecule has 0 aliphatic carbocycles. The van der Waals surface area contributed by atoms with Crippen LogP contribution in [-0.4, -0.2) is 71.8 Å². The summed E-state index contributed by atoms with van der Waals surface area (Å²) in [5.74, 6) is -0.189. The first-order valence-corrected chi connectivity index (χ1v) is 13.7. The van der Waals surface area contributed by atoms with E-state index < -0.39 is 5.54 Å². The molecule has 1 atom stereocenters. The molecule has 192 valence electrons. The number of thioether (sulfide) groups is 1. The standard InChI is InChI=1S/C27H35N5O3S/c1-4-20(2)28-24(33)18-31-19-32(22-8-6-5-7-9-22)27(25(31)34)14-16-30(17-15-27)26(35)29-21-10-12-23(36-3)13-11-21/h5-13,20H,4,14-19H2,1-3H3,(H,28,33)(H,29,35). The molecule has 0 bridgehead atoms. The molecule has 1 unspecified atom stereocenters. The maximum Gasteiger partial charge on any atom is 0.321 e. The van der Waals surface area contributed by atoms with Crippen LogP contribution in [0.5, 0.6) is 0 Å². The van der Waals surface area contributed by atoms with E-state index in [9.17, 15) is 14.4 Å². The van der Waals surface area contributed by atoms with Gasteiger partial charge in [0.15, 0.2) is 0 Å².